The fraction of sp³-hybridized carbons (Fsp3) is 0.542. The monoisotopic (exact) mass is 413 g/mol. The maximum absolute atomic E-state index is 7.00. The Morgan fingerprint density at radius 3 is 1.97 bits per heavy atom. The van der Waals surface area contributed by atoms with Gasteiger partial charge in [0.15, 0.2) is 0 Å². The predicted octanol–water partition coefficient (Wildman–Crippen LogP) is 2.58. The molecule has 4 rings (SSSR count). The number of aliphatic hydroxyl groups excluding tert-OH is 1. The maximum Gasteiger partial charge on any atom is 0.127 e. The summed E-state index contributed by atoms with van der Waals surface area (Å²) >= 11 is 0. The van der Waals surface area contributed by atoms with Crippen molar-refractivity contribution >= 4 is 0 Å². The first-order valence-corrected chi connectivity index (χ1v) is 10.7. The van der Waals surface area contributed by atoms with E-state index in [1.807, 2.05) is 18.5 Å². The highest BCUT2D eigenvalue weighted by Crippen LogP contribution is 2.15. The molecule has 6 nitrogen and oxygen atoms in total. The van der Waals surface area contributed by atoms with Gasteiger partial charge in [0.1, 0.15) is 5.82 Å². The first-order valence-electron chi connectivity index (χ1n) is 10.7. The Labute approximate surface area is 183 Å². The van der Waals surface area contributed by atoms with E-state index in [4.69, 9.17) is 5.11 Å². The standard InChI is InChI=1S/C14H17N3.C7H16N2.C2H2.CH4O/c1-2-6-13(7-3-1)17-11-8-15-14(17)12-16-9-4-5-10-16;1-8-4-3-5-9(2)7-6-8;2*1-2/h1-3,6-8,11H,4-5,9-10,12H2;3-7H2,1-2H3;1-2H;2H,1H3. The molecule has 6 heteroatoms. The van der Waals surface area contributed by atoms with Crippen LogP contribution in [-0.2, 0) is 6.54 Å². The lowest BCUT2D eigenvalue weighted by molar-refractivity contribution is 0.320. The second-order valence-electron chi connectivity index (χ2n) is 7.49. The SMILES string of the molecule is C#C.CN1CCCN(C)CC1.CO.c1ccc(-n2ccnc2CN2CCCC2)cc1. The zero-order valence-electron chi connectivity index (χ0n) is 19.0. The van der Waals surface area contributed by atoms with Gasteiger partial charge in [-0.1, -0.05) is 18.2 Å². The summed E-state index contributed by atoms with van der Waals surface area (Å²) in [6.45, 7) is 8.38. The third-order valence-electron chi connectivity index (χ3n) is 5.26. The molecule has 166 valence electrons. The molecule has 2 saturated heterocycles. The lowest BCUT2D eigenvalue weighted by atomic mass is 10.3. The molecule has 0 aliphatic carbocycles. The van der Waals surface area contributed by atoms with Gasteiger partial charge >= 0.3 is 0 Å². The summed E-state index contributed by atoms with van der Waals surface area (Å²) in [5.41, 5.74) is 1.19. The average Bonchev–Trinajstić information content (AvgIpc) is 3.45. The molecule has 2 fully saturated rings. The molecular formula is C24H39N5O. The molecular weight excluding hydrogens is 374 g/mol. The van der Waals surface area contributed by atoms with Crippen LogP contribution >= 0.6 is 0 Å². The van der Waals surface area contributed by atoms with Crippen LogP contribution in [-0.4, -0.2) is 89.8 Å². The van der Waals surface area contributed by atoms with Crippen LogP contribution in [0.2, 0.25) is 0 Å². The maximum atomic E-state index is 7.00. The van der Waals surface area contributed by atoms with Gasteiger partial charge in [0.2, 0.25) is 0 Å². The van der Waals surface area contributed by atoms with E-state index in [0.29, 0.717) is 0 Å². The second kappa shape index (κ2) is 15.6. The van der Waals surface area contributed by atoms with Gasteiger partial charge in [-0.15, -0.1) is 12.8 Å². The summed E-state index contributed by atoms with van der Waals surface area (Å²) in [6, 6.07) is 10.4. The highest BCUT2D eigenvalue weighted by molar-refractivity contribution is 5.32. The minimum Gasteiger partial charge on any atom is -0.400 e. The predicted molar refractivity (Wildman–Crippen MR) is 126 cm³/mol. The fourth-order valence-corrected chi connectivity index (χ4v) is 3.59. The van der Waals surface area contributed by atoms with Crippen molar-refractivity contribution in [3.05, 3.63) is 48.5 Å². The quantitative estimate of drug-likeness (QED) is 0.784. The van der Waals surface area contributed by atoms with Gasteiger partial charge in [0.25, 0.3) is 0 Å². The topological polar surface area (TPSA) is 47.8 Å². The van der Waals surface area contributed by atoms with Gasteiger partial charge in [0.05, 0.1) is 6.54 Å². The molecule has 0 unspecified atom stereocenters. The highest BCUT2D eigenvalue weighted by atomic mass is 16.2. The average molecular weight is 414 g/mol. The fourth-order valence-electron chi connectivity index (χ4n) is 3.59. The molecule has 0 saturated carbocycles. The zero-order chi connectivity index (χ0) is 22.2. The first kappa shape index (κ1) is 25.9. The molecule has 1 N–H and O–H groups in total. The summed E-state index contributed by atoms with van der Waals surface area (Å²) in [4.78, 5) is 11.7. The number of aromatic nitrogens is 2. The van der Waals surface area contributed by atoms with Crippen LogP contribution in [0.15, 0.2) is 42.7 Å². The minimum atomic E-state index is 0.960. The molecule has 0 atom stereocenters. The summed E-state index contributed by atoms with van der Waals surface area (Å²) in [6.07, 6.45) is 15.9. The number of aliphatic hydroxyl groups is 1. The van der Waals surface area contributed by atoms with Gasteiger partial charge in [-0.25, -0.2) is 4.98 Å². The van der Waals surface area contributed by atoms with Crippen LogP contribution in [0.3, 0.4) is 0 Å². The van der Waals surface area contributed by atoms with Gasteiger partial charge in [-0.2, -0.15) is 0 Å². The van der Waals surface area contributed by atoms with E-state index < -0.39 is 0 Å². The Hall–Kier alpha value is -2.17. The van der Waals surface area contributed by atoms with Crippen molar-refractivity contribution in [1.82, 2.24) is 24.3 Å². The van der Waals surface area contributed by atoms with Crippen LogP contribution in [0.1, 0.15) is 25.1 Å². The van der Waals surface area contributed by atoms with Gasteiger partial charge in [0, 0.05) is 38.3 Å². The van der Waals surface area contributed by atoms with Crippen molar-refractivity contribution < 1.29 is 5.11 Å². The Morgan fingerprint density at radius 2 is 1.40 bits per heavy atom. The minimum absolute atomic E-state index is 0.960. The number of imidazole rings is 1. The van der Waals surface area contributed by atoms with E-state index in [1.54, 1.807) is 0 Å². The summed E-state index contributed by atoms with van der Waals surface area (Å²) in [5, 5.41) is 7.00. The smallest absolute Gasteiger partial charge is 0.127 e. The lowest BCUT2D eigenvalue weighted by Crippen LogP contribution is -2.25. The third kappa shape index (κ3) is 9.10. The van der Waals surface area contributed by atoms with E-state index in [9.17, 15) is 0 Å². The molecule has 2 aliphatic rings. The molecule has 2 aromatic rings. The molecule has 1 aromatic carbocycles. The molecule has 0 radical (unpaired) electrons. The summed E-state index contributed by atoms with van der Waals surface area (Å²) < 4.78 is 2.18. The molecule has 0 spiro atoms. The van der Waals surface area contributed by atoms with Crippen molar-refractivity contribution in [3.8, 4) is 18.5 Å². The number of rotatable bonds is 3. The molecule has 2 aliphatic heterocycles. The van der Waals surface area contributed by atoms with E-state index in [0.717, 1.165) is 19.5 Å². The molecule has 1 aromatic heterocycles. The van der Waals surface area contributed by atoms with Crippen LogP contribution in [0.5, 0.6) is 0 Å². The van der Waals surface area contributed by atoms with Crippen molar-refractivity contribution in [2.75, 3.05) is 60.5 Å². The molecule has 0 amide bonds. The number of nitrogens with zero attached hydrogens (tertiary/aromatic N) is 5. The number of para-hydroxylation sites is 1. The zero-order valence-corrected chi connectivity index (χ0v) is 19.0. The van der Waals surface area contributed by atoms with Crippen LogP contribution in [0.4, 0.5) is 0 Å². The van der Waals surface area contributed by atoms with E-state index >= 15 is 0 Å². The van der Waals surface area contributed by atoms with Crippen molar-refractivity contribution in [1.29, 1.82) is 0 Å². The van der Waals surface area contributed by atoms with E-state index in [1.165, 1.54) is 64.2 Å². The van der Waals surface area contributed by atoms with Gasteiger partial charge in [-0.05, 0) is 71.7 Å². The summed E-state index contributed by atoms with van der Waals surface area (Å²) in [7, 11) is 5.39. The van der Waals surface area contributed by atoms with Crippen LogP contribution in [0, 0.1) is 12.8 Å². The largest absolute Gasteiger partial charge is 0.400 e. The number of benzene rings is 1. The van der Waals surface area contributed by atoms with Crippen molar-refractivity contribution in [2.24, 2.45) is 0 Å². The number of likely N-dealkylation sites (N-methyl/N-ethyl adjacent to an activating group) is 2. The van der Waals surface area contributed by atoms with Gasteiger partial charge < -0.3 is 19.5 Å². The van der Waals surface area contributed by atoms with Crippen molar-refractivity contribution in [2.45, 2.75) is 25.8 Å². The Bertz CT molecular complexity index is 669. The normalized spacial score (nSPS) is 17.4. The molecule has 0 bridgehead atoms. The highest BCUT2D eigenvalue weighted by Gasteiger charge is 2.14. The Morgan fingerprint density at radius 1 is 0.833 bits per heavy atom. The van der Waals surface area contributed by atoms with Gasteiger partial charge in [-0.3, -0.25) is 4.90 Å². The van der Waals surface area contributed by atoms with E-state index in [-0.39, 0.29) is 0 Å². The number of hydrogen-bond acceptors (Lipinski definition) is 5. The number of hydrogen-bond donors (Lipinski definition) is 1. The van der Waals surface area contributed by atoms with Crippen LogP contribution in [0.25, 0.3) is 5.69 Å². The Kier molecular flexibility index (Phi) is 13.5. The van der Waals surface area contributed by atoms with Crippen LogP contribution < -0.4 is 0 Å². The lowest BCUT2D eigenvalue weighted by Gasteiger charge is -2.15. The molecule has 30 heavy (non-hydrogen) atoms. The second-order valence-corrected chi connectivity index (χ2v) is 7.49. The first-order chi connectivity index (χ1) is 14.7. The van der Waals surface area contributed by atoms with E-state index in [2.05, 4.69) is 75.5 Å². The number of likely N-dealkylation sites (tertiary alicyclic amines) is 1. The third-order valence-corrected chi connectivity index (χ3v) is 5.26. The summed E-state index contributed by atoms with van der Waals surface area (Å²) in [5.74, 6) is 1.14. The van der Waals surface area contributed by atoms with Crippen molar-refractivity contribution in [3.63, 3.8) is 0 Å². The Balaban J connectivity index is 0.000000294. The molecule has 3 heterocycles. The number of terminal acetylenes is 1.